The molecule has 4 heteroatoms. The van der Waals surface area contributed by atoms with Crippen molar-refractivity contribution in [1.29, 1.82) is 0 Å². The van der Waals surface area contributed by atoms with Gasteiger partial charge in [-0.25, -0.2) is 4.79 Å². The number of likely N-dealkylation sites (tertiary alicyclic amines) is 1. The summed E-state index contributed by atoms with van der Waals surface area (Å²) in [5, 5.41) is 1.00. The zero-order valence-electron chi connectivity index (χ0n) is 11.0. The number of ether oxygens (including phenoxy) is 1. The van der Waals surface area contributed by atoms with Crippen LogP contribution in [-0.2, 0) is 9.53 Å². The van der Waals surface area contributed by atoms with Gasteiger partial charge in [0.05, 0.1) is 0 Å². The van der Waals surface area contributed by atoms with Crippen LogP contribution in [0.1, 0.15) is 40.0 Å². The number of rotatable bonds is 4. The first-order valence-electron chi connectivity index (χ1n) is 6.17. The molecule has 1 aliphatic heterocycles. The summed E-state index contributed by atoms with van der Waals surface area (Å²) in [6.45, 7) is 7.74. The first-order chi connectivity index (χ1) is 7.92. The number of carbonyl (C=O) groups is 1. The van der Waals surface area contributed by atoms with Gasteiger partial charge >= 0.3 is 5.97 Å². The molecule has 0 N–H and O–H groups in total. The van der Waals surface area contributed by atoms with Gasteiger partial charge in [-0.2, -0.15) is 0 Å². The fraction of sp³-hybridized carbons (Fsp3) is 0.769. The standard InChI is InChI=1S/C13H22BrNO2/c1-13(2,3)17-12(16)10-11-6-4-8-15(11)9-5-7-14/h10H,4-9H2,1-3H3/b11-10+. The molecule has 17 heavy (non-hydrogen) atoms. The van der Waals surface area contributed by atoms with E-state index in [0.717, 1.165) is 43.4 Å². The topological polar surface area (TPSA) is 29.5 Å². The maximum atomic E-state index is 11.7. The van der Waals surface area contributed by atoms with Crippen molar-refractivity contribution < 1.29 is 9.53 Å². The van der Waals surface area contributed by atoms with Crippen LogP contribution in [0.3, 0.4) is 0 Å². The summed E-state index contributed by atoms with van der Waals surface area (Å²) in [5.74, 6) is -0.224. The number of hydrogen-bond acceptors (Lipinski definition) is 3. The van der Waals surface area contributed by atoms with E-state index in [1.54, 1.807) is 6.08 Å². The number of esters is 1. The highest BCUT2D eigenvalue weighted by atomic mass is 79.9. The lowest BCUT2D eigenvalue weighted by atomic mass is 10.2. The molecule has 0 aromatic carbocycles. The Bertz CT molecular complexity index is 294. The van der Waals surface area contributed by atoms with Crippen LogP contribution in [0, 0.1) is 0 Å². The molecule has 0 aromatic heterocycles. The highest BCUT2D eigenvalue weighted by molar-refractivity contribution is 9.09. The zero-order valence-corrected chi connectivity index (χ0v) is 12.5. The Morgan fingerprint density at radius 3 is 2.82 bits per heavy atom. The van der Waals surface area contributed by atoms with Crippen molar-refractivity contribution in [2.45, 2.75) is 45.6 Å². The minimum atomic E-state index is -0.409. The molecular weight excluding hydrogens is 282 g/mol. The van der Waals surface area contributed by atoms with Crippen LogP contribution in [-0.4, -0.2) is 34.9 Å². The van der Waals surface area contributed by atoms with Crippen molar-refractivity contribution in [3.8, 4) is 0 Å². The molecule has 0 aliphatic carbocycles. The molecule has 0 aromatic rings. The molecule has 1 rings (SSSR count). The van der Waals surface area contributed by atoms with E-state index in [1.807, 2.05) is 20.8 Å². The minimum absolute atomic E-state index is 0.224. The lowest BCUT2D eigenvalue weighted by Gasteiger charge is -2.21. The number of alkyl halides is 1. The SMILES string of the molecule is CC(C)(C)OC(=O)/C=C1\CCCN1CCCBr. The van der Waals surface area contributed by atoms with Gasteiger partial charge in [0.15, 0.2) is 0 Å². The monoisotopic (exact) mass is 303 g/mol. The van der Waals surface area contributed by atoms with Crippen molar-refractivity contribution in [1.82, 2.24) is 4.90 Å². The molecule has 0 radical (unpaired) electrons. The highest BCUT2D eigenvalue weighted by Gasteiger charge is 2.20. The van der Waals surface area contributed by atoms with Crippen LogP contribution < -0.4 is 0 Å². The fourth-order valence-corrected chi connectivity index (χ4v) is 2.14. The van der Waals surface area contributed by atoms with E-state index < -0.39 is 5.60 Å². The van der Waals surface area contributed by atoms with E-state index in [1.165, 1.54) is 0 Å². The predicted octanol–water partition coefficient (Wildman–Crippen LogP) is 3.09. The van der Waals surface area contributed by atoms with Crippen LogP contribution in [0.2, 0.25) is 0 Å². The maximum Gasteiger partial charge on any atom is 0.333 e. The third-order valence-corrected chi connectivity index (χ3v) is 3.08. The molecule has 0 spiro atoms. The van der Waals surface area contributed by atoms with E-state index in [2.05, 4.69) is 20.8 Å². The number of nitrogens with zero attached hydrogens (tertiary/aromatic N) is 1. The summed E-state index contributed by atoms with van der Waals surface area (Å²) < 4.78 is 5.30. The Morgan fingerprint density at radius 1 is 1.53 bits per heavy atom. The zero-order chi connectivity index (χ0) is 12.9. The fourth-order valence-electron chi connectivity index (χ4n) is 1.89. The molecule has 0 atom stereocenters. The third kappa shape index (κ3) is 5.57. The molecule has 98 valence electrons. The van der Waals surface area contributed by atoms with Crippen molar-refractivity contribution in [3.05, 3.63) is 11.8 Å². The maximum absolute atomic E-state index is 11.7. The van der Waals surface area contributed by atoms with E-state index in [-0.39, 0.29) is 5.97 Å². The Hall–Kier alpha value is -0.510. The lowest BCUT2D eigenvalue weighted by molar-refractivity contribution is -0.148. The van der Waals surface area contributed by atoms with E-state index >= 15 is 0 Å². The second kappa shape index (κ2) is 6.43. The minimum Gasteiger partial charge on any atom is -0.457 e. The van der Waals surface area contributed by atoms with Gasteiger partial charge in [-0.15, -0.1) is 0 Å². The first-order valence-corrected chi connectivity index (χ1v) is 7.29. The lowest BCUT2D eigenvalue weighted by Crippen LogP contribution is -2.24. The van der Waals surface area contributed by atoms with E-state index in [0.29, 0.717) is 0 Å². The smallest absolute Gasteiger partial charge is 0.333 e. The Balaban J connectivity index is 2.54. The second-order valence-electron chi connectivity index (χ2n) is 5.30. The highest BCUT2D eigenvalue weighted by Crippen LogP contribution is 2.21. The number of allylic oxidation sites excluding steroid dienone is 1. The molecule has 1 aliphatic rings. The summed E-state index contributed by atoms with van der Waals surface area (Å²) >= 11 is 3.43. The van der Waals surface area contributed by atoms with Gasteiger partial charge in [0.2, 0.25) is 0 Å². The first kappa shape index (κ1) is 14.6. The number of halogens is 1. The van der Waals surface area contributed by atoms with Crippen molar-refractivity contribution in [2.24, 2.45) is 0 Å². The van der Waals surface area contributed by atoms with Gasteiger partial charge in [-0.1, -0.05) is 15.9 Å². The Kier molecular flexibility index (Phi) is 5.50. The molecule has 0 saturated carbocycles. The van der Waals surface area contributed by atoms with Crippen LogP contribution in [0.25, 0.3) is 0 Å². The Labute approximate surface area is 112 Å². The normalized spacial score (nSPS) is 18.8. The molecule has 1 heterocycles. The van der Waals surface area contributed by atoms with Crippen molar-refractivity contribution in [2.75, 3.05) is 18.4 Å². The van der Waals surface area contributed by atoms with Gasteiger partial charge in [0, 0.05) is 30.2 Å². The average Bonchev–Trinajstić information content (AvgIpc) is 2.59. The van der Waals surface area contributed by atoms with Gasteiger partial charge in [0.1, 0.15) is 5.60 Å². The summed E-state index contributed by atoms with van der Waals surface area (Å²) in [6.07, 6.45) is 4.89. The van der Waals surface area contributed by atoms with Crippen LogP contribution >= 0.6 is 15.9 Å². The molecule has 3 nitrogen and oxygen atoms in total. The van der Waals surface area contributed by atoms with Crippen molar-refractivity contribution in [3.63, 3.8) is 0 Å². The van der Waals surface area contributed by atoms with Gasteiger partial charge in [-0.05, 0) is 40.0 Å². The van der Waals surface area contributed by atoms with E-state index in [4.69, 9.17) is 4.74 Å². The van der Waals surface area contributed by atoms with Gasteiger partial charge in [0.25, 0.3) is 0 Å². The van der Waals surface area contributed by atoms with Crippen LogP contribution in [0.5, 0.6) is 0 Å². The van der Waals surface area contributed by atoms with E-state index in [9.17, 15) is 4.79 Å². The summed E-state index contributed by atoms with van der Waals surface area (Å²) in [5.41, 5.74) is 0.716. The number of carbonyl (C=O) groups excluding carboxylic acids is 1. The molecule has 0 bridgehead atoms. The molecular formula is C13H22BrNO2. The number of hydrogen-bond donors (Lipinski definition) is 0. The summed E-state index contributed by atoms with van der Waals surface area (Å²) in [6, 6.07) is 0. The predicted molar refractivity (Wildman–Crippen MR) is 73.1 cm³/mol. The molecule has 0 amide bonds. The van der Waals surface area contributed by atoms with Crippen LogP contribution in [0.15, 0.2) is 11.8 Å². The molecule has 1 saturated heterocycles. The summed E-state index contributed by atoms with van der Waals surface area (Å²) in [7, 11) is 0. The summed E-state index contributed by atoms with van der Waals surface area (Å²) in [4.78, 5) is 14.0. The quantitative estimate of drug-likeness (QED) is 0.454. The Morgan fingerprint density at radius 2 is 2.24 bits per heavy atom. The largest absolute Gasteiger partial charge is 0.457 e. The average molecular weight is 304 g/mol. The third-order valence-electron chi connectivity index (χ3n) is 2.52. The molecule has 0 unspecified atom stereocenters. The van der Waals surface area contributed by atoms with Gasteiger partial charge in [-0.3, -0.25) is 0 Å². The van der Waals surface area contributed by atoms with Gasteiger partial charge < -0.3 is 9.64 Å². The van der Waals surface area contributed by atoms with Crippen LogP contribution in [0.4, 0.5) is 0 Å². The second-order valence-corrected chi connectivity index (χ2v) is 6.10. The molecule has 1 fully saturated rings. The van der Waals surface area contributed by atoms with Crippen molar-refractivity contribution >= 4 is 21.9 Å².